The first-order valence-electron chi connectivity index (χ1n) is 7.03. The summed E-state index contributed by atoms with van der Waals surface area (Å²) < 4.78 is 10.9. The van der Waals surface area contributed by atoms with Crippen LogP contribution in [0.5, 0.6) is 23.0 Å². The maximum absolute atomic E-state index is 10.1. The molecule has 2 aromatic rings. The van der Waals surface area contributed by atoms with Gasteiger partial charge in [0.15, 0.2) is 0 Å². The molecule has 0 atom stereocenters. The van der Waals surface area contributed by atoms with E-state index in [-0.39, 0.29) is 11.5 Å². The van der Waals surface area contributed by atoms with Gasteiger partial charge in [0.2, 0.25) is 0 Å². The van der Waals surface area contributed by atoms with Crippen molar-refractivity contribution in [3.05, 3.63) is 47.5 Å². The second kappa shape index (κ2) is 6.88. The summed E-state index contributed by atoms with van der Waals surface area (Å²) in [4.78, 5) is 0. The quantitative estimate of drug-likeness (QED) is 0.854. The van der Waals surface area contributed by atoms with Crippen molar-refractivity contribution in [2.75, 3.05) is 13.2 Å². The highest BCUT2D eigenvalue weighted by Gasteiger charge is 2.10. The molecule has 0 radical (unpaired) electrons. The molecule has 21 heavy (non-hydrogen) atoms. The summed E-state index contributed by atoms with van der Waals surface area (Å²) in [6.07, 6.45) is 0.522. The molecule has 0 spiro atoms. The SMILES string of the molecule is CCOc1ccc(Cc2ccc(O)cc2OCC)c(O)c1. The maximum Gasteiger partial charge on any atom is 0.126 e. The van der Waals surface area contributed by atoms with Gasteiger partial charge in [-0.15, -0.1) is 0 Å². The van der Waals surface area contributed by atoms with Crippen molar-refractivity contribution < 1.29 is 19.7 Å². The van der Waals surface area contributed by atoms with Crippen LogP contribution < -0.4 is 9.47 Å². The minimum absolute atomic E-state index is 0.165. The molecular formula is C17H20O4. The zero-order chi connectivity index (χ0) is 15.2. The monoisotopic (exact) mass is 288 g/mol. The number of hydrogen-bond acceptors (Lipinski definition) is 4. The summed E-state index contributed by atoms with van der Waals surface area (Å²) in [7, 11) is 0. The number of aromatic hydroxyl groups is 2. The molecule has 0 aliphatic carbocycles. The Bertz CT molecular complexity index is 608. The van der Waals surface area contributed by atoms with E-state index >= 15 is 0 Å². The minimum atomic E-state index is 0.165. The van der Waals surface area contributed by atoms with Crippen LogP contribution in [0, 0.1) is 0 Å². The van der Waals surface area contributed by atoms with Gasteiger partial charge in [-0.2, -0.15) is 0 Å². The summed E-state index contributed by atoms with van der Waals surface area (Å²) in [6, 6.07) is 10.3. The zero-order valence-electron chi connectivity index (χ0n) is 12.3. The molecule has 0 bridgehead atoms. The number of rotatable bonds is 6. The predicted octanol–water partition coefficient (Wildman–Crippen LogP) is 3.49. The molecule has 112 valence electrons. The lowest BCUT2D eigenvalue weighted by Gasteiger charge is -2.12. The van der Waals surface area contributed by atoms with Gasteiger partial charge in [0, 0.05) is 18.6 Å². The molecular weight excluding hydrogens is 268 g/mol. The third kappa shape index (κ3) is 3.81. The standard InChI is InChI=1S/C17H20O4/c1-3-20-15-8-6-12(16(19)11-15)9-13-5-7-14(18)10-17(13)21-4-2/h5-8,10-11,18-19H,3-4,9H2,1-2H3. The molecule has 0 aliphatic rings. The van der Waals surface area contributed by atoms with Gasteiger partial charge < -0.3 is 19.7 Å². The van der Waals surface area contributed by atoms with Crippen LogP contribution in [-0.4, -0.2) is 23.4 Å². The third-order valence-electron chi connectivity index (χ3n) is 3.10. The molecule has 0 saturated heterocycles. The van der Waals surface area contributed by atoms with Crippen LogP contribution in [0.15, 0.2) is 36.4 Å². The van der Waals surface area contributed by atoms with Crippen molar-refractivity contribution in [1.29, 1.82) is 0 Å². The predicted molar refractivity (Wildman–Crippen MR) is 81.4 cm³/mol. The van der Waals surface area contributed by atoms with Gasteiger partial charge in [0.25, 0.3) is 0 Å². The Morgan fingerprint density at radius 2 is 1.57 bits per heavy atom. The highest BCUT2D eigenvalue weighted by atomic mass is 16.5. The molecule has 0 fully saturated rings. The Morgan fingerprint density at radius 3 is 2.24 bits per heavy atom. The van der Waals surface area contributed by atoms with Crippen LogP contribution in [0.4, 0.5) is 0 Å². The fourth-order valence-corrected chi connectivity index (χ4v) is 2.13. The van der Waals surface area contributed by atoms with E-state index < -0.39 is 0 Å². The van der Waals surface area contributed by atoms with E-state index in [1.807, 2.05) is 26.0 Å². The Balaban J connectivity index is 2.25. The summed E-state index contributed by atoms with van der Waals surface area (Å²) in [5.41, 5.74) is 1.69. The van der Waals surface area contributed by atoms with Crippen molar-refractivity contribution in [2.24, 2.45) is 0 Å². The number of phenols is 2. The molecule has 2 aromatic carbocycles. The van der Waals surface area contributed by atoms with Crippen LogP contribution in [0.3, 0.4) is 0 Å². The Hall–Kier alpha value is -2.36. The maximum atomic E-state index is 10.1. The van der Waals surface area contributed by atoms with E-state index in [4.69, 9.17) is 9.47 Å². The molecule has 2 rings (SSSR count). The molecule has 4 nitrogen and oxygen atoms in total. The smallest absolute Gasteiger partial charge is 0.126 e. The summed E-state index contributed by atoms with van der Waals surface area (Å²) >= 11 is 0. The van der Waals surface area contributed by atoms with E-state index in [9.17, 15) is 10.2 Å². The first kappa shape index (κ1) is 15.0. The van der Waals surface area contributed by atoms with Crippen LogP contribution in [-0.2, 0) is 6.42 Å². The minimum Gasteiger partial charge on any atom is -0.508 e. The van der Waals surface area contributed by atoms with Crippen molar-refractivity contribution in [2.45, 2.75) is 20.3 Å². The topological polar surface area (TPSA) is 58.9 Å². The van der Waals surface area contributed by atoms with Crippen molar-refractivity contribution in [3.63, 3.8) is 0 Å². The highest BCUT2D eigenvalue weighted by molar-refractivity contribution is 5.47. The van der Waals surface area contributed by atoms with Gasteiger partial charge in [0.05, 0.1) is 13.2 Å². The van der Waals surface area contributed by atoms with Crippen LogP contribution in [0.2, 0.25) is 0 Å². The highest BCUT2D eigenvalue weighted by Crippen LogP contribution is 2.30. The number of hydrogen-bond donors (Lipinski definition) is 2. The van der Waals surface area contributed by atoms with E-state index in [2.05, 4.69) is 0 Å². The van der Waals surface area contributed by atoms with Crippen molar-refractivity contribution >= 4 is 0 Å². The van der Waals surface area contributed by atoms with Gasteiger partial charge in [-0.1, -0.05) is 12.1 Å². The lowest BCUT2D eigenvalue weighted by Crippen LogP contribution is -1.98. The normalized spacial score (nSPS) is 10.4. The number of ether oxygens (including phenoxy) is 2. The van der Waals surface area contributed by atoms with Gasteiger partial charge in [-0.25, -0.2) is 0 Å². The largest absolute Gasteiger partial charge is 0.508 e. The molecule has 0 amide bonds. The lowest BCUT2D eigenvalue weighted by molar-refractivity contribution is 0.334. The van der Waals surface area contributed by atoms with Crippen molar-refractivity contribution in [1.82, 2.24) is 0 Å². The second-order valence-corrected chi connectivity index (χ2v) is 4.63. The molecule has 0 saturated carbocycles. The molecule has 2 N–H and O–H groups in total. The molecule has 4 heteroatoms. The molecule has 0 aliphatic heterocycles. The molecule has 0 aromatic heterocycles. The van der Waals surface area contributed by atoms with E-state index in [0.29, 0.717) is 31.1 Å². The van der Waals surface area contributed by atoms with Gasteiger partial charge >= 0.3 is 0 Å². The Labute approximate surface area is 124 Å². The molecule has 0 heterocycles. The Kier molecular flexibility index (Phi) is 4.93. The molecule has 0 unspecified atom stereocenters. The van der Waals surface area contributed by atoms with Crippen LogP contribution >= 0.6 is 0 Å². The fraction of sp³-hybridized carbons (Fsp3) is 0.294. The zero-order valence-corrected chi connectivity index (χ0v) is 12.3. The summed E-state index contributed by atoms with van der Waals surface area (Å²) in [5.74, 6) is 1.63. The van der Waals surface area contributed by atoms with Gasteiger partial charge in [-0.05, 0) is 37.1 Å². The first-order chi connectivity index (χ1) is 10.1. The van der Waals surface area contributed by atoms with E-state index in [0.717, 1.165) is 11.1 Å². The van der Waals surface area contributed by atoms with E-state index in [1.165, 1.54) is 0 Å². The fourth-order valence-electron chi connectivity index (χ4n) is 2.13. The van der Waals surface area contributed by atoms with Gasteiger partial charge in [0.1, 0.15) is 23.0 Å². The van der Waals surface area contributed by atoms with Crippen LogP contribution in [0.25, 0.3) is 0 Å². The summed E-state index contributed by atoms with van der Waals surface area (Å²) in [5, 5.41) is 19.6. The average molecular weight is 288 g/mol. The second-order valence-electron chi connectivity index (χ2n) is 4.63. The third-order valence-corrected chi connectivity index (χ3v) is 3.10. The number of benzene rings is 2. The van der Waals surface area contributed by atoms with E-state index in [1.54, 1.807) is 24.3 Å². The van der Waals surface area contributed by atoms with Crippen molar-refractivity contribution in [3.8, 4) is 23.0 Å². The summed E-state index contributed by atoms with van der Waals surface area (Å²) in [6.45, 7) is 4.87. The first-order valence-corrected chi connectivity index (χ1v) is 7.03. The average Bonchev–Trinajstić information content (AvgIpc) is 2.45. The lowest BCUT2D eigenvalue weighted by atomic mass is 10.0. The number of phenolic OH excluding ortho intramolecular Hbond substituents is 2. The Morgan fingerprint density at radius 1 is 0.857 bits per heavy atom. The van der Waals surface area contributed by atoms with Crippen LogP contribution in [0.1, 0.15) is 25.0 Å². The van der Waals surface area contributed by atoms with Gasteiger partial charge in [-0.3, -0.25) is 0 Å².